The van der Waals surface area contributed by atoms with Crippen molar-refractivity contribution in [2.45, 2.75) is 18.9 Å². The van der Waals surface area contributed by atoms with Crippen molar-refractivity contribution >= 4 is 22.8 Å². The molecule has 2 amide bonds. The Balaban J connectivity index is 2.03. The van der Waals surface area contributed by atoms with Gasteiger partial charge in [0.2, 0.25) is 0 Å². The van der Waals surface area contributed by atoms with Crippen molar-refractivity contribution in [1.82, 2.24) is 4.90 Å². The number of anilines is 1. The lowest BCUT2D eigenvalue weighted by atomic mass is 10.0. The molecule has 110 valence electrons. The molecule has 1 heterocycles. The van der Waals surface area contributed by atoms with Gasteiger partial charge in [-0.3, -0.25) is 14.0 Å². The molecule has 7 heteroatoms. The number of nitrogens with two attached hydrogens (primary N) is 1. The van der Waals surface area contributed by atoms with Gasteiger partial charge >= 0.3 is 6.03 Å². The average molecular weight is 296 g/mol. The average Bonchev–Trinajstić information content (AvgIpc) is 2.41. The third-order valence-electron chi connectivity index (χ3n) is 3.48. The number of amides is 2. The minimum absolute atomic E-state index is 0.0197. The number of hydrogen-bond donors (Lipinski definition) is 1. The highest BCUT2D eigenvalue weighted by Crippen LogP contribution is 2.23. The second-order valence-electron chi connectivity index (χ2n) is 4.83. The zero-order chi connectivity index (χ0) is 14.5. The Kier molecular flexibility index (Phi) is 5.11. The minimum atomic E-state index is -2.06. The molecule has 0 aromatic heterocycles. The van der Waals surface area contributed by atoms with E-state index in [-0.39, 0.29) is 11.9 Å². The summed E-state index contributed by atoms with van der Waals surface area (Å²) >= 11 is -2.06. The van der Waals surface area contributed by atoms with Gasteiger partial charge in [0.1, 0.15) is 0 Å². The van der Waals surface area contributed by atoms with Crippen molar-refractivity contribution in [2.75, 3.05) is 23.9 Å². The molecule has 1 fully saturated rings. The third-order valence-corrected chi connectivity index (χ3v) is 4.06. The fourth-order valence-corrected chi connectivity index (χ4v) is 3.12. The van der Waals surface area contributed by atoms with Crippen LogP contribution in [0.3, 0.4) is 0 Å². The summed E-state index contributed by atoms with van der Waals surface area (Å²) in [5.41, 5.74) is 6.27. The molecule has 0 spiro atoms. The summed E-state index contributed by atoms with van der Waals surface area (Å²) in [6.45, 7) is 1.30. The molecule has 1 aromatic rings. The van der Waals surface area contributed by atoms with E-state index < -0.39 is 17.1 Å². The van der Waals surface area contributed by atoms with Gasteiger partial charge in [0.25, 0.3) is 0 Å². The SMILES string of the molecule is NC(=O)N(c1ccccc1)C1CCN(CS(=O)[O-])CC1. The van der Waals surface area contributed by atoms with Gasteiger partial charge in [-0.15, -0.1) is 0 Å². The third kappa shape index (κ3) is 3.78. The number of likely N-dealkylation sites (tertiary alicyclic amines) is 1. The number of piperidine rings is 1. The lowest BCUT2D eigenvalue weighted by molar-refractivity contribution is 0.224. The van der Waals surface area contributed by atoms with E-state index in [4.69, 9.17) is 5.73 Å². The number of urea groups is 1. The standard InChI is InChI=1S/C13H19N3O3S/c14-13(17)16(11-4-2-1-3-5-11)12-6-8-15(9-7-12)10-20(18)19/h1-5,12H,6-10H2,(H2,14,17)(H,18,19)/p-1. The first-order valence-electron chi connectivity index (χ1n) is 6.50. The second-order valence-corrected chi connectivity index (χ2v) is 5.69. The summed E-state index contributed by atoms with van der Waals surface area (Å²) in [6, 6.07) is 8.86. The largest absolute Gasteiger partial charge is 0.771 e. The maximum Gasteiger partial charge on any atom is 0.319 e. The first kappa shape index (κ1) is 15.0. The van der Waals surface area contributed by atoms with E-state index in [1.54, 1.807) is 4.90 Å². The molecule has 1 aliphatic heterocycles. The Morgan fingerprint density at radius 3 is 2.45 bits per heavy atom. The zero-order valence-electron chi connectivity index (χ0n) is 11.1. The predicted octanol–water partition coefficient (Wildman–Crippen LogP) is 0.873. The summed E-state index contributed by atoms with van der Waals surface area (Å²) in [4.78, 5) is 15.2. The van der Waals surface area contributed by atoms with E-state index in [9.17, 15) is 13.6 Å². The van der Waals surface area contributed by atoms with Crippen LogP contribution in [0.15, 0.2) is 30.3 Å². The molecule has 6 nitrogen and oxygen atoms in total. The van der Waals surface area contributed by atoms with Gasteiger partial charge in [-0.05, 0) is 36.1 Å². The van der Waals surface area contributed by atoms with Crippen LogP contribution in [0.2, 0.25) is 0 Å². The number of primary amides is 1. The molecule has 0 bridgehead atoms. The molecule has 1 saturated heterocycles. The first-order valence-corrected chi connectivity index (χ1v) is 7.74. The van der Waals surface area contributed by atoms with Crippen molar-refractivity contribution in [3.63, 3.8) is 0 Å². The Bertz CT molecular complexity index is 475. The molecule has 0 saturated carbocycles. The highest BCUT2D eigenvalue weighted by atomic mass is 32.2. The van der Waals surface area contributed by atoms with Crippen LogP contribution in [-0.4, -0.2) is 44.7 Å². The Labute approximate surface area is 120 Å². The second kappa shape index (κ2) is 6.83. The smallest absolute Gasteiger partial charge is 0.319 e. The summed E-state index contributed by atoms with van der Waals surface area (Å²) in [5, 5.41) is 0. The fraction of sp³-hybridized carbons (Fsp3) is 0.462. The van der Waals surface area contributed by atoms with Crippen molar-refractivity contribution in [3.05, 3.63) is 30.3 Å². The minimum Gasteiger partial charge on any atom is -0.771 e. The first-order chi connectivity index (χ1) is 9.58. The van der Waals surface area contributed by atoms with E-state index >= 15 is 0 Å². The Hall–Kier alpha value is -1.44. The van der Waals surface area contributed by atoms with Crippen molar-refractivity contribution in [1.29, 1.82) is 0 Å². The molecule has 2 N–H and O–H groups in total. The van der Waals surface area contributed by atoms with Crippen molar-refractivity contribution in [3.8, 4) is 0 Å². The molecule has 0 aliphatic carbocycles. The molecule has 1 aliphatic rings. The monoisotopic (exact) mass is 296 g/mol. The van der Waals surface area contributed by atoms with Crippen LogP contribution in [0.5, 0.6) is 0 Å². The molecular formula is C13H18N3O3S-. The molecule has 1 aromatic carbocycles. The van der Waals surface area contributed by atoms with Gasteiger partial charge in [0.05, 0.1) is 5.88 Å². The van der Waals surface area contributed by atoms with E-state index in [2.05, 4.69) is 0 Å². The van der Waals surface area contributed by atoms with E-state index in [0.29, 0.717) is 13.1 Å². The number of nitrogens with zero attached hydrogens (tertiary/aromatic N) is 2. The molecule has 2 rings (SSSR count). The van der Waals surface area contributed by atoms with Crippen molar-refractivity contribution < 1.29 is 13.6 Å². The van der Waals surface area contributed by atoms with Crippen LogP contribution in [0, 0.1) is 0 Å². The summed E-state index contributed by atoms with van der Waals surface area (Å²) in [6.07, 6.45) is 1.43. The van der Waals surface area contributed by atoms with E-state index in [0.717, 1.165) is 18.5 Å². The molecule has 0 radical (unpaired) electrons. The van der Waals surface area contributed by atoms with Gasteiger partial charge in [0.15, 0.2) is 0 Å². The maximum atomic E-state index is 11.7. The zero-order valence-corrected chi connectivity index (χ0v) is 11.9. The van der Waals surface area contributed by atoms with Gasteiger partial charge in [-0.1, -0.05) is 18.2 Å². The number of carbonyl (C=O) groups is 1. The number of carbonyl (C=O) groups excluding carboxylic acids is 1. The summed E-state index contributed by atoms with van der Waals surface area (Å²) < 4.78 is 21.4. The topological polar surface area (TPSA) is 89.7 Å². The number of para-hydroxylation sites is 1. The van der Waals surface area contributed by atoms with Crippen molar-refractivity contribution in [2.24, 2.45) is 5.73 Å². The Morgan fingerprint density at radius 2 is 1.95 bits per heavy atom. The molecule has 1 atom stereocenters. The van der Waals surface area contributed by atoms with Crippen LogP contribution in [0.4, 0.5) is 10.5 Å². The quantitative estimate of drug-likeness (QED) is 0.835. The van der Waals surface area contributed by atoms with Gasteiger partial charge < -0.3 is 10.3 Å². The van der Waals surface area contributed by atoms with Crippen LogP contribution in [-0.2, 0) is 11.1 Å². The number of hydrogen-bond acceptors (Lipinski definition) is 4. The predicted molar refractivity (Wildman–Crippen MR) is 76.9 cm³/mol. The van der Waals surface area contributed by atoms with Crippen LogP contribution in [0.1, 0.15) is 12.8 Å². The fourth-order valence-electron chi connectivity index (χ4n) is 2.56. The molecule has 1 unspecified atom stereocenters. The van der Waals surface area contributed by atoms with Gasteiger partial charge in [-0.25, -0.2) is 4.79 Å². The summed E-state index contributed by atoms with van der Waals surface area (Å²) in [7, 11) is 0. The highest BCUT2D eigenvalue weighted by Gasteiger charge is 2.27. The molecule has 20 heavy (non-hydrogen) atoms. The Morgan fingerprint density at radius 1 is 1.35 bits per heavy atom. The lowest BCUT2D eigenvalue weighted by Gasteiger charge is -2.37. The highest BCUT2D eigenvalue weighted by molar-refractivity contribution is 7.79. The van der Waals surface area contributed by atoms with Crippen LogP contribution >= 0.6 is 0 Å². The van der Waals surface area contributed by atoms with Crippen LogP contribution < -0.4 is 10.6 Å². The normalized spacial score (nSPS) is 18.6. The number of rotatable bonds is 4. The van der Waals surface area contributed by atoms with E-state index in [1.807, 2.05) is 35.2 Å². The van der Waals surface area contributed by atoms with Gasteiger partial charge in [0, 0.05) is 24.8 Å². The molecular weight excluding hydrogens is 278 g/mol. The summed E-state index contributed by atoms with van der Waals surface area (Å²) in [5.74, 6) is 0.0502. The lowest BCUT2D eigenvalue weighted by Crippen LogP contribution is -2.50. The van der Waals surface area contributed by atoms with Gasteiger partial charge in [-0.2, -0.15) is 0 Å². The number of benzene rings is 1. The van der Waals surface area contributed by atoms with E-state index in [1.165, 1.54) is 0 Å². The maximum absolute atomic E-state index is 11.7. The van der Waals surface area contributed by atoms with Crippen LogP contribution in [0.25, 0.3) is 0 Å².